The summed E-state index contributed by atoms with van der Waals surface area (Å²) in [4.78, 5) is 16.7. The lowest BCUT2D eigenvalue weighted by Gasteiger charge is -2.12. The number of carbonyl (C=O) groups excluding carboxylic acids is 1. The molecule has 1 amide bonds. The van der Waals surface area contributed by atoms with Crippen molar-refractivity contribution in [2.45, 2.75) is 18.5 Å². The highest BCUT2D eigenvalue weighted by Crippen LogP contribution is 2.29. The number of nitrogens with zero attached hydrogens (tertiary/aromatic N) is 5. The van der Waals surface area contributed by atoms with E-state index in [1.54, 1.807) is 24.5 Å². The molecule has 2 heterocycles. The third-order valence-corrected chi connectivity index (χ3v) is 5.69. The summed E-state index contributed by atoms with van der Waals surface area (Å²) in [6.07, 6.45) is 3.80. The van der Waals surface area contributed by atoms with Crippen molar-refractivity contribution in [1.82, 2.24) is 19.7 Å². The number of benzene rings is 2. The second kappa shape index (κ2) is 9.90. The van der Waals surface area contributed by atoms with Crippen LogP contribution in [0.4, 0.5) is 5.69 Å². The summed E-state index contributed by atoms with van der Waals surface area (Å²) in [5, 5.41) is 21.0. The number of nitrogens with one attached hydrogen (secondary N) is 1. The third-order valence-electron chi connectivity index (χ3n) is 4.76. The minimum Gasteiger partial charge on any atom is -0.325 e. The Balaban J connectivity index is 1.55. The highest BCUT2D eigenvalue weighted by molar-refractivity contribution is 7.99. The highest BCUT2D eigenvalue weighted by Gasteiger charge is 2.18. The maximum Gasteiger partial charge on any atom is 0.234 e. The first-order valence-corrected chi connectivity index (χ1v) is 10.9. The summed E-state index contributed by atoms with van der Waals surface area (Å²) in [5.41, 5.74) is 4.47. The molecule has 2 aromatic carbocycles. The lowest BCUT2D eigenvalue weighted by atomic mass is 10.1. The second-order valence-corrected chi connectivity index (χ2v) is 7.98. The zero-order chi connectivity index (χ0) is 22.3. The molecule has 4 aromatic rings. The van der Waals surface area contributed by atoms with E-state index >= 15 is 0 Å². The smallest absolute Gasteiger partial charge is 0.234 e. The number of nitriles is 1. The molecule has 2 aromatic heterocycles. The molecule has 8 heteroatoms. The molecular formula is C24H20N6OS. The van der Waals surface area contributed by atoms with Gasteiger partial charge in [0.05, 0.1) is 23.9 Å². The standard InChI is InChI=1S/C24H20N6OS/c1-17-5-2-3-7-21(17)30-23(19-6-4-14-26-15-19)28-29-24(30)32-16-22(31)27-20-10-8-18(9-11-20)12-13-25/h2-11,14-15H,12,16H2,1H3,(H,27,31). The van der Waals surface area contributed by atoms with Crippen molar-refractivity contribution in [3.8, 4) is 23.1 Å². The van der Waals surface area contributed by atoms with E-state index in [0.717, 1.165) is 22.4 Å². The van der Waals surface area contributed by atoms with Gasteiger partial charge in [0.2, 0.25) is 5.91 Å². The molecule has 32 heavy (non-hydrogen) atoms. The van der Waals surface area contributed by atoms with Crippen LogP contribution in [0.15, 0.2) is 78.2 Å². The van der Waals surface area contributed by atoms with Crippen molar-refractivity contribution in [2.24, 2.45) is 0 Å². The quantitative estimate of drug-likeness (QED) is 0.427. The summed E-state index contributed by atoms with van der Waals surface area (Å²) in [5.74, 6) is 0.700. The second-order valence-electron chi connectivity index (χ2n) is 7.04. The van der Waals surface area contributed by atoms with Gasteiger partial charge in [-0.3, -0.25) is 14.3 Å². The van der Waals surface area contributed by atoms with Crippen molar-refractivity contribution in [2.75, 3.05) is 11.1 Å². The topological polar surface area (TPSA) is 96.5 Å². The minimum absolute atomic E-state index is 0.148. The fourth-order valence-corrected chi connectivity index (χ4v) is 3.95. The Bertz CT molecular complexity index is 1260. The Morgan fingerprint density at radius 1 is 1.09 bits per heavy atom. The van der Waals surface area contributed by atoms with Gasteiger partial charge in [0.1, 0.15) is 0 Å². The van der Waals surface area contributed by atoms with E-state index < -0.39 is 0 Å². The number of hydrogen-bond acceptors (Lipinski definition) is 6. The molecule has 158 valence electrons. The van der Waals surface area contributed by atoms with Crippen LogP contribution < -0.4 is 5.32 Å². The monoisotopic (exact) mass is 440 g/mol. The summed E-state index contributed by atoms with van der Waals surface area (Å²) in [7, 11) is 0. The number of aryl methyl sites for hydroxylation is 1. The van der Waals surface area contributed by atoms with E-state index in [4.69, 9.17) is 5.26 Å². The highest BCUT2D eigenvalue weighted by atomic mass is 32.2. The van der Waals surface area contributed by atoms with Crippen LogP contribution in [0.25, 0.3) is 17.1 Å². The molecule has 0 fully saturated rings. The van der Waals surface area contributed by atoms with Gasteiger partial charge in [-0.15, -0.1) is 10.2 Å². The van der Waals surface area contributed by atoms with Gasteiger partial charge in [-0.05, 0) is 48.4 Å². The number of carbonyl (C=O) groups is 1. The maximum atomic E-state index is 12.5. The van der Waals surface area contributed by atoms with Crippen molar-refractivity contribution in [1.29, 1.82) is 5.26 Å². The Morgan fingerprint density at radius 3 is 2.62 bits per heavy atom. The molecule has 0 unspecified atom stereocenters. The van der Waals surface area contributed by atoms with Crippen molar-refractivity contribution in [3.63, 3.8) is 0 Å². The number of aromatic nitrogens is 4. The Labute approximate surface area is 190 Å². The van der Waals surface area contributed by atoms with Gasteiger partial charge in [0.15, 0.2) is 11.0 Å². The van der Waals surface area contributed by atoms with Gasteiger partial charge in [0, 0.05) is 23.6 Å². The summed E-state index contributed by atoms with van der Waals surface area (Å²) >= 11 is 1.32. The number of para-hydroxylation sites is 1. The summed E-state index contributed by atoms with van der Waals surface area (Å²) < 4.78 is 1.96. The molecule has 4 rings (SSSR count). The van der Waals surface area contributed by atoms with E-state index in [1.807, 2.05) is 60.0 Å². The van der Waals surface area contributed by atoms with Crippen LogP contribution in [0.2, 0.25) is 0 Å². The molecule has 0 bridgehead atoms. The first-order chi connectivity index (χ1) is 15.7. The lowest BCUT2D eigenvalue weighted by molar-refractivity contribution is -0.113. The Morgan fingerprint density at radius 2 is 1.91 bits per heavy atom. The number of thioether (sulfide) groups is 1. The van der Waals surface area contributed by atoms with Gasteiger partial charge in [-0.25, -0.2) is 0 Å². The molecule has 1 N–H and O–H groups in total. The molecule has 0 saturated carbocycles. The van der Waals surface area contributed by atoms with E-state index in [-0.39, 0.29) is 11.7 Å². The maximum absolute atomic E-state index is 12.5. The van der Waals surface area contributed by atoms with Crippen molar-refractivity contribution in [3.05, 3.63) is 84.2 Å². The van der Waals surface area contributed by atoms with Crippen LogP contribution in [-0.2, 0) is 11.2 Å². The van der Waals surface area contributed by atoms with E-state index in [1.165, 1.54) is 11.8 Å². The van der Waals surface area contributed by atoms with Gasteiger partial charge in [-0.2, -0.15) is 5.26 Å². The molecule has 0 aliphatic heterocycles. The minimum atomic E-state index is -0.148. The summed E-state index contributed by atoms with van der Waals surface area (Å²) in [6, 6.07) is 21.1. The number of anilines is 1. The van der Waals surface area contributed by atoms with Crippen LogP contribution in [0.5, 0.6) is 0 Å². The molecule has 0 aliphatic carbocycles. The average molecular weight is 441 g/mol. The molecule has 0 radical (unpaired) electrons. The molecular weight excluding hydrogens is 420 g/mol. The predicted octanol–water partition coefficient (Wildman–Crippen LogP) is 4.43. The van der Waals surface area contributed by atoms with Crippen LogP contribution in [0.1, 0.15) is 11.1 Å². The molecule has 0 aliphatic rings. The zero-order valence-corrected chi connectivity index (χ0v) is 18.2. The summed E-state index contributed by atoms with van der Waals surface area (Å²) in [6.45, 7) is 2.03. The van der Waals surface area contributed by atoms with E-state index in [0.29, 0.717) is 23.1 Å². The fourth-order valence-electron chi connectivity index (χ4n) is 3.20. The SMILES string of the molecule is Cc1ccccc1-n1c(SCC(=O)Nc2ccc(CC#N)cc2)nnc1-c1cccnc1. The predicted molar refractivity (Wildman–Crippen MR) is 124 cm³/mol. The Hall–Kier alpha value is -3.96. The molecule has 7 nitrogen and oxygen atoms in total. The normalized spacial score (nSPS) is 10.5. The Kier molecular flexibility index (Phi) is 6.58. The first kappa shape index (κ1) is 21.3. The molecule has 0 spiro atoms. The van der Waals surface area contributed by atoms with E-state index in [2.05, 4.69) is 26.6 Å². The van der Waals surface area contributed by atoms with Gasteiger partial charge < -0.3 is 5.32 Å². The van der Waals surface area contributed by atoms with E-state index in [9.17, 15) is 4.79 Å². The third kappa shape index (κ3) is 4.85. The van der Waals surface area contributed by atoms with Crippen LogP contribution in [0, 0.1) is 18.3 Å². The van der Waals surface area contributed by atoms with Crippen LogP contribution in [0.3, 0.4) is 0 Å². The van der Waals surface area contributed by atoms with Crippen LogP contribution >= 0.6 is 11.8 Å². The number of amides is 1. The average Bonchev–Trinajstić information content (AvgIpc) is 3.24. The van der Waals surface area contributed by atoms with Crippen molar-refractivity contribution < 1.29 is 4.79 Å². The zero-order valence-electron chi connectivity index (χ0n) is 17.4. The molecule has 0 atom stereocenters. The van der Waals surface area contributed by atoms with Crippen LogP contribution in [-0.4, -0.2) is 31.4 Å². The largest absolute Gasteiger partial charge is 0.325 e. The number of hydrogen-bond donors (Lipinski definition) is 1. The molecule has 0 saturated heterocycles. The van der Waals surface area contributed by atoms with Gasteiger partial charge in [-0.1, -0.05) is 42.1 Å². The number of pyridine rings is 1. The van der Waals surface area contributed by atoms with Gasteiger partial charge in [0.25, 0.3) is 0 Å². The number of rotatable bonds is 7. The lowest BCUT2D eigenvalue weighted by Crippen LogP contribution is -2.14. The van der Waals surface area contributed by atoms with Gasteiger partial charge >= 0.3 is 0 Å². The first-order valence-electron chi connectivity index (χ1n) is 9.96. The fraction of sp³-hybridized carbons (Fsp3) is 0.125. The van der Waals surface area contributed by atoms with Crippen molar-refractivity contribution >= 4 is 23.4 Å².